The van der Waals surface area contributed by atoms with Crippen molar-refractivity contribution >= 4 is 0 Å². The van der Waals surface area contributed by atoms with Gasteiger partial charge in [-0.25, -0.2) is 8.78 Å². The van der Waals surface area contributed by atoms with Crippen LogP contribution in [0.15, 0.2) is 18.2 Å². The normalized spacial score (nSPS) is 14.8. The van der Waals surface area contributed by atoms with E-state index in [0.29, 0.717) is 12.2 Å². The van der Waals surface area contributed by atoms with Gasteiger partial charge in [-0.1, -0.05) is 13.0 Å². The first kappa shape index (κ1) is 13.1. The molecule has 0 aliphatic carbocycles. The molecular weight excluding hydrogens is 212 g/mol. The van der Waals surface area contributed by atoms with Crippen molar-refractivity contribution in [2.24, 2.45) is 5.73 Å². The second-order valence-electron chi connectivity index (χ2n) is 3.83. The van der Waals surface area contributed by atoms with Crippen molar-refractivity contribution in [2.45, 2.75) is 32.4 Å². The molecule has 0 amide bonds. The fourth-order valence-electron chi connectivity index (χ4n) is 1.23. The minimum absolute atomic E-state index is 0.122. The Labute approximate surface area is 94.4 Å². The Morgan fingerprint density at radius 2 is 2.00 bits per heavy atom. The van der Waals surface area contributed by atoms with Crippen LogP contribution in [-0.4, -0.2) is 12.7 Å². The molecule has 0 aliphatic heterocycles. The molecule has 2 atom stereocenters. The maximum atomic E-state index is 12.9. The molecule has 0 aromatic heterocycles. The van der Waals surface area contributed by atoms with Crippen molar-refractivity contribution < 1.29 is 13.5 Å². The van der Waals surface area contributed by atoms with E-state index in [1.807, 2.05) is 13.8 Å². The van der Waals surface area contributed by atoms with Gasteiger partial charge in [0.05, 0.1) is 18.8 Å². The quantitative estimate of drug-likeness (QED) is 0.842. The Hall–Kier alpha value is -1.00. The van der Waals surface area contributed by atoms with Gasteiger partial charge < -0.3 is 10.5 Å². The van der Waals surface area contributed by atoms with Crippen LogP contribution < -0.4 is 5.73 Å². The smallest absolute Gasteiger partial charge is 0.159 e. The summed E-state index contributed by atoms with van der Waals surface area (Å²) in [7, 11) is 0. The minimum atomic E-state index is -0.878. The van der Waals surface area contributed by atoms with Crippen LogP contribution >= 0.6 is 0 Å². The van der Waals surface area contributed by atoms with E-state index in [1.54, 1.807) is 0 Å². The number of halogens is 2. The molecule has 1 aromatic rings. The zero-order chi connectivity index (χ0) is 12.1. The molecule has 16 heavy (non-hydrogen) atoms. The Morgan fingerprint density at radius 1 is 1.31 bits per heavy atom. The lowest BCUT2D eigenvalue weighted by Crippen LogP contribution is -2.20. The van der Waals surface area contributed by atoms with Crippen molar-refractivity contribution in [2.75, 3.05) is 6.61 Å². The minimum Gasteiger partial charge on any atom is -0.377 e. The average molecular weight is 229 g/mol. The third kappa shape index (κ3) is 3.54. The van der Waals surface area contributed by atoms with E-state index >= 15 is 0 Å². The number of benzene rings is 1. The highest BCUT2D eigenvalue weighted by Crippen LogP contribution is 2.15. The van der Waals surface area contributed by atoms with Crippen LogP contribution in [-0.2, 0) is 4.74 Å². The lowest BCUT2D eigenvalue weighted by atomic mass is 10.1. The zero-order valence-electron chi connectivity index (χ0n) is 9.54. The number of ether oxygens (including phenoxy) is 1. The molecule has 2 nitrogen and oxygen atoms in total. The van der Waals surface area contributed by atoms with Crippen LogP contribution in [0, 0.1) is 11.6 Å². The van der Waals surface area contributed by atoms with E-state index in [0.717, 1.165) is 18.6 Å². The molecular formula is C12H17F2NO. The summed E-state index contributed by atoms with van der Waals surface area (Å²) < 4.78 is 31.1. The summed E-state index contributed by atoms with van der Waals surface area (Å²) >= 11 is 0. The summed E-state index contributed by atoms with van der Waals surface area (Å²) in [4.78, 5) is 0. The van der Waals surface area contributed by atoms with Crippen molar-refractivity contribution in [1.82, 2.24) is 0 Å². The number of rotatable bonds is 5. The first-order chi connectivity index (χ1) is 7.54. The SMILES string of the molecule is CCC(C)OCC(N)c1ccc(F)c(F)c1. The van der Waals surface area contributed by atoms with Crippen molar-refractivity contribution in [3.63, 3.8) is 0 Å². The first-order valence-electron chi connectivity index (χ1n) is 5.36. The summed E-state index contributed by atoms with van der Waals surface area (Å²) in [5.74, 6) is -1.74. The molecule has 0 fully saturated rings. The number of hydrogen-bond donors (Lipinski definition) is 1. The molecule has 1 aromatic carbocycles. The Balaban J connectivity index is 2.59. The van der Waals surface area contributed by atoms with Crippen LogP contribution in [0.3, 0.4) is 0 Å². The summed E-state index contributed by atoms with van der Waals surface area (Å²) in [6.07, 6.45) is 1.01. The van der Waals surface area contributed by atoms with E-state index in [2.05, 4.69) is 0 Å². The van der Waals surface area contributed by atoms with Gasteiger partial charge >= 0.3 is 0 Å². The van der Waals surface area contributed by atoms with Gasteiger partial charge in [0, 0.05) is 0 Å². The molecule has 90 valence electrons. The topological polar surface area (TPSA) is 35.2 Å². The lowest BCUT2D eigenvalue weighted by Gasteiger charge is -2.16. The highest BCUT2D eigenvalue weighted by molar-refractivity contribution is 5.20. The molecule has 2 unspecified atom stereocenters. The second-order valence-corrected chi connectivity index (χ2v) is 3.83. The van der Waals surface area contributed by atoms with Crippen molar-refractivity contribution in [3.05, 3.63) is 35.4 Å². The summed E-state index contributed by atoms with van der Waals surface area (Å²) in [6.45, 7) is 4.26. The highest BCUT2D eigenvalue weighted by atomic mass is 19.2. The van der Waals surface area contributed by atoms with Gasteiger partial charge in [-0.3, -0.25) is 0 Å². The van der Waals surface area contributed by atoms with Gasteiger partial charge in [0.15, 0.2) is 11.6 Å². The molecule has 0 radical (unpaired) electrons. The van der Waals surface area contributed by atoms with Gasteiger partial charge in [-0.15, -0.1) is 0 Å². The van der Waals surface area contributed by atoms with Gasteiger partial charge in [0.2, 0.25) is 0 Å². The summed E-state index contributed by atoms with van der Waals surface area (Å²) in [5, 5.41) is 0. The third-order valence-corrected chi connectivity index (χ3v) is 2.51. The van der Waals surface area contributed by atoms with E-state index in [-0.39, 0.29) is 6.10 Å². The van der Waals surface area contributed by atoms with Crippen molar-refractivity contribution in [3.8, 4) is 0 Å². The number of hydrogen-bond acceptors (Lipinski definition) is 2. The number of nitrogens with two attached hydrogens (primary N) is 1. The van der Waals surface area contributed by atoms with Crippen LogP contribution in [0.5, 0.6) is 0 Å². The first-order valence-corrected chi connectivity index (χ1v) is 5.36. The van der Waals surface area contributed by atoms with Crippen LogP contribution in [0.2, 0.25) is 0 Å². The Bertz CT molecular complexity index is 344. The maximum Gasteiger partial charge on any atom is 0.159 e. The Morgan fingerprint density at radius 3 is 2.56 bits per heavy atom. The van der Waals surface area contributed by atoms with Gasteiger partial charge in [0.25, 0.3) is 0 Å². The van der Waals surface area contributed by atoms with Gasteiger partial charge in [-0.2, -0.15) is 0 Å². The molecule has 1 rings (SSSR count). The predicted molar refractivity (Wildman–Crippen MR) is 59.0 cm³/mol. The average Bonchev–Trinajstić information content (AvgIpc) is 2.29. The van der Waals surface area contributed by atoms with E-state index in [1.165, 1.54) is 6.07 Å². The highest BCUT2D eigenvalue weighted by Gasteiger charge is 2.11. The monoisotopic (exact) mass is 229 g/mol. The van der Waals surface area contributed by atoms with Gasteiger partial charge in [0.1, 0.15) is 0 Å². The maximum absolute atomic E-state index is 12.9. The molecule has 0 bridgehead atoms. The second kappa shape index (κ2) is 5.92. The molecule has 0 saturated heterocycles. The lowest BCUT2D eigenvalue weighted by molar-refractivity contribution is 0.0538. The zero-order valence-corrected chi connectivity index (χ0v) is 9.54. The van der Waals surface area contributed by atoms with Crippen LogP contribution in [0.1, 0.15) is 31.9 Å². The third-order valence-electron chi connectivity index (χ3n) is 2.51. The fourth-order valence-corrected chi connectivity index (χ4v) is 1.23. The molecule has 4 heteroatoms. The molecule has 2 N–H and O–H groups in total. The van der Waals surface area contributed by atoms with Crippen LogP contribution in [0.25, 0.3) is 0 Å². The van der Waals surface area contributed by atoms with E-state index in [4.69, 9.17) is 10.5 Å². The van der Waals surface area contributed by atoms with Crippen LogP contribution in [0.4, 0.5) is 8.78 Å². The Kier molecular flexibility index (Phi) is 4.83. The molecule has 0 saturated carbocycles. The molecule has 0 spiro atoms. The van der Waals surface area contributed by atoms with E-state index in [9.17, 15) is 8.78 Å². The van der Waals surface area contributed by atoms with Gasteiger partial charge in [-0.05, 0) is 31.0 Å². The summed E-state index contributed by atoms with van der Waals surface area (Å²) in [5.41, 5.74) is 6.35. The summed E-state index contributed by atoms with van der Waals surface area (Å²) in [6, 6.07) is 3.24. The molecule has 0 aliphatic rings. The fraction of sp³-hybridized carbons (Fsp3) is 0.500. The van der Waals surface area contributed by atoms with E-state index < -0.39 is 17.7 Å². The standard InChI is InChI=1S/C12H17F2NO/c1-3-8(2)16-7-12(15)9-4-5-10(13)11(14)6-9/h4-6,8,12H,3,7,15H2,1-2H3. The predicted octanol–water partition coefficient (Wildman–Crippen LogP) is 2.78. The van der Waals surface area contributed by atoms with Crippen molar-refractivity contribution in [1.29, 1.82) is 0 Å². The molecule has 0 heterocycles. The largest absolute Gasteiger partial charge is 0.377 e.